The summed E-state index contributed by atoms with van der Waals surface area (Å²) in [5.74, 6) is 0.261. The number of hydrogen-bond acceptors (Lipinski definition) is 6. The minimum absolute atomic E-state index is 0.141. The van der Waals surface area contributed by atoms with E-state index in [-0.39, 0.29) is 23.9 Å². The van der Waals surface area contributed by atoms with Crippen LogP contribution in [0, 0.1) is 25.2 Å². The highest BCUT2D eigenvalue weighted by Gasteiger charge is 2.32. The van der Waals surface area contributed by atoms with E-state index >= 15 is 0 Å². The molecule has 1 aromatic heterocycles. The number of carbonyl (C=O) groups is 1. The lowest BCUT2D eigenvalue weighted by molar-refractivity contribution is 0.0695. The van der Waals surface area contributed by atoms with Crippen LogP contribution in [0.5, 0.6) is 0 Å². The molecular weight excluding hydrogens is 356 g/mol. The van der Waals surface area contributed by atoms with E-state index in [9.17, 15) is 13.2 Å². The van der Waals surface area contributed by atoms with E-state index in [0.717, 1.165) is 0 Å². The van der Waals surface area contributed by atoms with Gasteiger partial charge >= 0.3 is 0 Å². The first-order chi connectivity index (χ1) is 12.3. The fourth-order valence-electron chi connectivity index (χ4n) is 2.93. The van der Waals surface area contributed by atoms with Gasteiger partial charge in [-0.2, -0.15) is 9.57 Å². The van der Waals surface area contributed by atoms with Gasteiger partial charge in [-0.15, -0.1) is 0 Å². The summed E-state index contributed by atoms with van der Waals surface area (Å²) in [5.41, 5.74) is 1.37. The highest BCUT2D eigenvalue weighted by molar-refractivity contribution is 7.89. The second kappa shape index (κ2) is 6.90. The molecule has 0 aliphatic carbocycles. The minimum atomic E-state index is -3.65. The third-order valence-corrected chi connectivity index (χ3v) is 6.31. The van der Waals surface area contributed by atoms with Crippen molar-refractivity contribution in [1.29, 1.82) is 5.26 Å². The Morgan fingerprint density at radius 1 is 1.15 bits per heavy atom. The topological polar surface area (TPSA) is 108 Å². The summed E-state index contributed by atoms with van der Waals surface area (Å²) in [4.78, 5) is 14.4. The molecule has 3 rings (SSSR count). The summed E-state index contributed by atoms with van der Waals surface area (Å²) in [6.07, 6.45) is 0. The smallest absolute Gasteiger partial charge is 0.259 e. The Hall–Kier alpha value is -2.70. The third-order valence-electron chi connectivity index (χ3n) is 4.39. The van der Waals surface area contributed by atoms with Crippen LogP contribution in [-0.4, -0.2) is 54.9 Å². The number of rotatable bonds is 3. The van der Waals surface area contributed by atoms with Crippen molar-refractivity contribution in [2.45, 2.75) is 18.7 Å². The van der Waals surface area contributed by atoms with Gasteiger partial charge in [0.2, 0.25) is 10.0 Å². The number of sulfonamides is 1. The molecule has 0 spiro atoms. The molecule has 2 heterocycles. The van der Waals surface area contributed by atoms with Crippen LogP contribution in [0.1, 0.15) is 27.4 Å². The van der Waals surface area contributed by atoms with E-state index in [0.29, 0.717) is 35.7 Å². The summed E-state index contributed by atoms with van der Waals surface area (Å²) in [7, 11) is -3.65. The molecule has 1 aromatic carbocycles. The third kappa shape index (κ3) is 3.21. The van der Waals surface area contributed by atoms with Crippen molar-refractivity contribution in [3.05, 3.63) is 46.8 Å². The summed E-state index contributed by atoms with van der Waals surface area (Å²) < 4.78 is 31.8. The Kier molecular flexibility index (Phi) is 4.80. The maximum absolute atomic E-state index is 12.7. The first-order valence-electron chi connectivity index (χ1n) is 8.07. The van der Waals surface area contributed by atoms with Gasteiger partial charge in [0.15, 0.2) is 0 Å². The number of piperazine rings is 1. The van der Waals surface area contributed by atoms with Crippen LogP contribution >= 0.6 is 0 Å². The molecule has 1 aliphatic heterocycles. The molecule has 2 aromatic rings. The van der Waals surface area contributed by atoms with Crippen LogP contribution in [0.15, 0.2) is 33.7 Å². The number of carbonyl (C=O) groups excluding carboxylic acids is 1. The Morgan fingerprint density at radius 2 is 1.77 bits per heavy atom. The molecule has 1 amide bonds. The second-order valence-corrected chi connectivity index (χ2v) is 7.97. The van der Waals surface area contributed by atoms with Crippen LogP contribution in [0.2, 0.25) is 0 Å². The molecule has 1 fully saturated rings. The highest BCUT2D eigenvalue weighted by Crippen LogP contribution is 2.20. The fourth-order valence-corrected chi connectivity index (χ4v) is 4.35. The van der Waals surface area contributed by atoms with Gasteiger partial charge in [-0.3, -0.25) is 4.79 Å². The molecule has 1 aliphatic rings. The van der Waals surface area contributed by atoms with Crippen molar-refractivity contribution in [1.82, 2.24) is 14.4 Å². The molecule has 26 heavy (non-hydrogen) atoms. The lowest BCUT2D eigenvalue weighted by Gasteiger charge is -2.34. The zero-order chi connectivity index (χ0) is 18.9. The van der Waals surface area contributed by atoms with Crippen molar-refractivity contribution >= 4 is 15.9 Å². The number of benzene rings is 1. The van der Waals surface area contributed by atoms with Gasteiger partial charge in [-0.25, -0.2) is 8.42 Å². The monoisotopic (exact) mass is 374 g/mol. The number of nitriles is 1. The standard InChI is InChI=1S/C17H18N4O4S/c1-12-16(13(2)25-19-12)17(22)20-7-9-21(10-8-20)26(23,24)15-5-3-14(11-18)4-6-15/h3-6H,7-10H2,1-2H3. The quantitative estimate of drug-likeness (QED) is 0.802. The van der Waals surface area contributed by atoms with Gasteiger partial charge in [-0.1, -0.05) is 5.16 Å². The van der Waals surface area contributed by atoms with Crippen molar-refractivity contribution in [2.75, 3.05) is 26.2 Å². The molecule has 0 saturated carbocycles. The van der Waals surface area contributed by atoms with E-state index in [1.807, 2.05) is 6.07 Å². The van der Waals surface area contributed by atoms with Gasteiger partial charge in [0, 0.05) is 26.2 Å². The van der Waals surface area contributed by atoms with E-state index in [1.54, 1.807) is 18.7 Å². The average molecular weight is 374 g/mol. The minimum Gasteiger partial charge on any atom is -0.361 e. The van der Waals surface area contributed by atoms with E-state index in [2.05, 4.69) is 5.16 Å². The molecule has 0 N–H and O–H groups in total. The van der Waals surface area contributed by atoms with Crippen molar-refractivity contribution in [3.63, 3.8) is 0 Å². The maximum atomic E-state index is 12.7. The predicted octanol–water partition coefficient (Wildman–Crippen LogP) is 1.31. The van der Waals surface area contributed by atoms with Gasteiger partial charge in [-0.05, 0) is 38.1 Å². The Balaban J connectivity index is 1.71. The molecule has 0 atom stereocenters. The van der Waals surface area contributed by atoms with Gasteiger partial charge in [0.25, 0.3) is 5.91 Å². The zero-order valence-electron chi connectivity index (χ0n) is 14.5. The van der Waals surface area contributed by atoms with Crippen LogP contribution in [-0.2, 0) is 10.0 Å². The van der Waals surface area contributed by atoms with Gasteiger partial charge in [0.1, 0.15) is 11.3 Å². The largest absolute Gasteiger partial charge is 0.361 e. The number of aryl methyl sites for hydroxylation is 2. The molecular formula is C17H18N4O4S. The molecule has 0 unspecified atom stereocenters. The molecule has 8 nitrogen and oxygen atoms in total. The summed E-state index contributed by atoms with van der Waals surface area (Å²) in [6.45, 7) is 4.37. The number of amides is 1. The van der Waals surface area contributed by atoms with E-state index < -0.39 is 10.0 Å². The highest BCUT2D eigenvalue weighted by atomic mass is 32.2. The summed E-state index contributed by atoms with van der Waals surface area (Å²) in [6, 6.07) is 7.76. The van der Waals surface area contributed by atoms with Gasteiger partial charge < -0.3 is 9.42 Å². The normalized spacial score (nSPS) is 15.7. The van der Waals surface area contributed by atoms with Crippen LogP contribution in [0.4, 0.5) is 0 Å². The lowest BCUT2D eigenvalue weighted by Crippen LogP contribution is -2.50. The summed E-state index contributed by atoms with van der Waals surface area (Å²) in [5, 5.41) is 12.6. The molecule has 0 bridgehead atoms. The van der Waals surface area contributed by atoms with Crippen LogP contribution < -0.4 is 0 Å². The molecule has 0 radical (unpaired) electrons. The van der Waals surface area contributed by atoms with Crippen molar-refractivity contribution < 1.29 is 17.7 Å². The van der Waals surface area contributed by atoms with E-state index in [4.69, 9.17) is 9.78 Å². The van der Waals surface area contributed by atoms with Gasteiger partial charge in [0.05, 0.1) is 22.2 Å². The zero-order valence-corrected chi connectivity index (χ0v) is 15.3. The van der Waals surface area contributed by atoms with Crippen molar-refractivity contribution in [3.8, 4) is 6.07 Å². The van der Waals surface area contributed by atoms with Crippen LogP contribution in [0.3, 0.4) is 0 Å². The predicted molar refractivity (Wildman–Crippen MR) is 91.8 cm³/mol. The summed E-state index contributed by atoms with van der Waals surface area (Å²) >= 11 is 0. The average Bonchev–Trinajstić information content (AvgIpc) is 2.99. The Bertz CT molecular complexity index is 946. The number of nitrogens with zero attached hydrogens (tertiary/aromatic N) is 4. The Labute approximate surface area is 151 Å². The number of aromatic nitrogens is 1. The first kappa shape index (κ1) is 18.1. The number of hydrogen-bond donors (Lipinski definition) is 0. The fraction of sp³-hybridized carbons (Fsp3) is 0.353. The molecule has 1 saturated heterocycles. The SMILES string of the molecule is Cc1noc(C)c1C(=O)N1CCN(S(=O)(=O)c2ccc(C#N)cc2)CC1. The molecule has 9 heteroatoms. The first-order valence-corrected chi connectivity index (χ1v) is 9.51. The van der Waals surface area contributed by atoms with Crippen LogP contribution in [0.25, 0.3) is 0 Å². The lowest BCUT2D eigenvalue weighted by atomic mass is 10.1. The van der Waals surface area contributed by atoms with Crippen molar-refractivity contribution in [2.24, 2.45) is 0 Å². The van der Waals surface area contributed by atoms with E-state index in [1.165, 1.54) is 28.6 Å². The molecule has 136 valence electrons. The second-order valence-electron chi connectivity index (χ2n) is 6.03. The maximum Gasteiger partial charge on any atom is 0.259 e. The Morgan fingerprint density at radius 3 is 2.27 bits per heavy atom.